The summed E-state index contributed by atoms with van der Waals surface area (Å²) in [5.41, 5.74) is 3.72. The predicted octanol–water partition coefficient (Wildman–Crippen LogP) is 5.77. The van der Waals surface area contributed by atoms with Crippen LogP contribution in [0.5, 0.6) is 0 Å². The summed E-state index contributed by atoms with van der Waals surface area (Å²) in [7, 11) is 0. The first-order valence-corrected chi connectivity index (χ1v) is 5.70. The molecule has 0 bridgehead atoms. The van der Waals surface area contributed by atoms with Crippen LogP contribution in [0, 0.1) is 13.8 Å². The third-order valence-electron chi connectivity index (χ3n) is 2.95. The molecule has 0 aromatic heterocycles. The van der Waals surface area contributed by atoms with Gasteiger partial charge in [0, 0.05) is 26.6 Å². The van der Waals surface area contributed by atoms with Crippen molar-refractivity contribution in [3.8, 4) is 0 Å². The van der Waals surface area contributed by atoms with Crippen LogP contribution in [0.2, 0.25) is 0 Å². The number of aryl methyl sites for hydroxylation is 1. The first-order chi connectivity index (χ1) is 8.59. The number of hydrogen-bond donors (Lipinski definition) is 1. The standard InChI is InChI=1S/C15H14NO2.2H2N.Pt/c1-10-6-5-9-13(11(10)2)16-14-8-4-3-7-12(14)15(17)18;;;/h3-9H,1-2H3,(H,17,18);2*1H2;/q3*-1;. The third-order valence-corrected chi connectivity index (χ3v) is 2.95. The minimum Gasteiger partial charge on any atom is -0.693 e. The number of para-hydroxylation sites is 1. The Morgan fingerprint density at radius 3 is 2.14 bits per heavy atom. The molecule has 21 heavy (non-hydrogen) atoms. The number of nitrogens with zero attached hydrogens (tertiary/aromatic N) is 1. The van der Waals surface area contributed by atoms with E-state index in [1.807, 2.05) is 32.0 Å². The number of nitrogens with two attached hydrogens (primary N) is 2. The number of carboxylic acids is 1. The van der Waals surface area contributed by atoms with Gasteiger partial charge in [-0.05, 0) is 25.5 Å². The van der Waals surface area contributed by atoms with Crippen LogP contribution >= 0.6 is 0 Å². The van der Waals surface area contributed by atoms with Gasteiger partial charge < -0.3 is 22.7 Å². The summed E-state index contributed by atoms with van der Waals surface area (Å²) in [6.07, 6.45) is 0. The van der Waals surface area contributed by atoms with Crippen LogP contribution in [0.1, 0.15) is 21.5 Å². The van der Waals surface area contributed by atoms with Gasteiger partial charge in [-0.15, -0.1) is 11.4 Å². The van der Waals surface area contributed by atoms with E-state index in [2.05, 4.69) is 5.32 Å². The summed E-state index contributed by atoms with van der Waals surface area (Å²) in [4.78, 5) is 11.1. The summed E-state index contributed by atoms with van der Waals surface area (Å²) >= 11 is 0. The molecular weight excluding hydrogens is 449 g/mol. The average Bonchev–Trinajstić information content (AvgIpc) is 2.35. The topological polar surface area (TPSA) is 118 Å². The molecule has 0 amide bonds. The van der Waals surface area contributed by atoms with Gasteiger partial charge in [0.05, 0.1) is 0 Å². The maximum absolute atomic E-state index is 11.1. The van der Waals surface area contributed by atoms with Crippen LogP contribution in [0.15, 0.2) is 42.5 Å². The quantitative estimate of drug-likeness (QED) is 0.617. The molecule has 0 atom stereocenters. The first kappa shape index (κ1) is 21.6. The second-order valence-electron chi connectivity index (χ2n) is 4.15. The summed E-state index contributed by atoms with van der Waals surface area (Å²) in [5.74, 6) is -0.959. The fraction of sp³-hybridized carbons (Fsp3) is 0.133. The Balaban J connectivity index is 0. The minimum atomic E-state index is -0.959. The molecule has 2 aromatic rings. The zero-order chi connectivity index (χ0) is 13.1. The fourth-order valence-electron chi connectivity index (χ4n) is 1.74. The largest absolute Gasteiger partial charge is 0.693 e. The zero-order valence-electron chi connectivity index (χ0n) is 11.8. The summed E-state index contributed by atoms with van der Waals surface area (Å²) in [6.45, 7) is 4.00. The van der Waals surface area contributed by atoms with Crippen molar-refractivity contribution < 1.29 is 31.0 Å². The normalized spacial score (nSPS) is 8.67. The molecule has 0 fully saturated rings. The Bertz CT molecular complexity index is 603. The molecular formula is C15H18N3O2Pt-3. The van der Waals surface area contributed by atoms with Crippen LogP contribution in [0.25, 0.3) is 17.6 Å². The maximum Gasteiger partial charge on any atom is 0.334 e. The molecule has 0 spiro atoms. The molecule has 5 N–H and O–H groups in total. The molecule has 0 heterocycles. The van der Waals surface area contributed by atoms with Gasteiger partial charge in [0.25, 0.3) is 0 Å². The number of hydrogen-bond acceptors (Lipinski definition) is 1. The SMILES string of the molecule is Cc1cccc([N-]c2ccccc2C(=O)O)c1C.[NH2-].[NH2-].[Pt]. The Morgan fingerprint density at radius 1 is 0.952 bits per heavy atom. The van der Waals surface area contributed by atoms with E-state index in [1.54, 1.807) is 24.3 Å². The molecule has 6 heteroatoms. The molecule has 2 rings (SSSR count). The van der Waals surface area contributed by atoms with Crippen molar-refractivity contribution >= 4 is 17.3 Å². The average molecular weight is 467 g/mol. The van der Waals surface area contributed by atoms with Crippen molar-refractivity contribution in [1.29, 1.82) is 0 Å². The van der Waals surface area contributed by atoms with Crippen molar-refractivity contribution in [3.05, 3.63) is 76.8 Å². The first-order valence-electron chi connectivity index (χ1n) is 5.70. The molecule has 0 aliphatic heterocycles. The zero-order valence-corrected chi connectivity index (χ0v) is 14.1. The molecule has 0 saturated heterocycles. The van der Waals surface area contributed by atoms with E-state index < -0.39 is 5.97 Å². The second kappa shape index (κ2) is 9.29. The molecule has 0 aliphatic rings. The Kier molecular flexibility index (Phi) is 9.56. The monoisotopic (exact) mass is 467 g/mol. The van der Waals surface area contributed by atoms with Gasteiger partial charge in [-0.3, -0.25) is 0 Å². The van der Waals surface area contributed by atoms with E-state index in [0.717, 1.165) is 16.8 Å². The molecule has 118 valence electrons. The Hall–Kier alpha value is -1.68. The Morgan fingerprint density at radius 2 is 1.52 bits per heavy atom. The van der Waals surface area contributed by atoms with Crippen LogP contribution in [-0.4, -0.2) is 11.1 Å². The van der Waals surface area contributed by atoms with Gasteiger partial charge in [-0.25, -0.2) is 4.79 Å². The summed E-state index contributed by atoms with van der Waals surface area (Å²) in [5, 5.41) is 13.5. The number of carbonyl (C=O) groups is 1. The third kappa shape index (κ3) is 4.97. The summed E-state index contributed by atoms with van der Waals surface area (Å²) < 4.78 is 0. The molecule has 2 aromatic carbocycles. The fourth-order valence-corrected chi connectivity index (χ4v) is 1.74. The number of benzene rings is 2. The maximum atomic E-state index is 11.1. The van der Waals surface area contributed by atoms with Crippen molar-refractivity contribution in [2.45, 2.75) is 13.8 Å². The molecule has 5 nitrogen and oxygen atoms in total. The van der Waals surface area contributed by atoms with Gasteiger partial charge in [-0.2, -0.15) is 0 Å². The van der Waals surface area contributed by atoms with Crippen LogP contribution in [0.4, 0.5) is 11.4 Å². The molecule has 0 unspecified atom stereocenters. The number of carboxylic acid groups (broad SMARTS) is 1. The number of aromatic carboxylic acids is 1. The smallest absolute Gasteiger partial charge is 0.334 e. The van der Waals surface area contributed by atoms with E-state index in [-0.39, 0.29) is 38.9 Å². The van der Waals surface area contributed by atoms with Gasteiger partial charge in [0.15, 0.2) is 0 Å². The van der Waals surface area contributed by atoms with Gasteiger partial charge in [-0.1, -0.05) is 42.0 Å². The van der Waals surface area contributed by atoms with E-state index in [4.69, 9.17) is 5.11 Å². The van der Waals surface area contributed by atoms with Crippen LogP contribution in [-0.2, 0) is 21.1 Å². The second-order valence-corrected chi connectivity index (χ2v) is 4.15. The van der Waals surface area contributed by atoms with Gasteiger partial charge >= 0.3 is 5.97 Å². The molecule has 0 radical (unpaired) electrons. The van der Waals surface area contributed by atoms with Crippen LogP contribution < -0.4 is 0 Å². The van der Waals surface area contributed by atoms with E-state index in [9.17, 15) is 4.79 Å². The van der Waals surface area contributed by atoms with Crippen molar-refractivity contribution in [3.63, 3.8) is 0 Å². The van der Waals surface area contributed by atoms with E-state index >= 15 is 0 Å². The molecule has 0 aliphatic carbocycles. The van der Waals surface area contributed by atoms with Crippen LogP contribution in [0.3, 0.4) is 0 Å². The van der Waals surface area contributed by atoms with E-state index in [0.29, 0.717) is 5.69 Å². The Labute approximate surface area is 139 Å². The molecule has 0 saturated carbocycles. The van der Waals surface area contributed by atoms with Crippen molar-refractivity contribution in [2.75, 3.05) is 0 Å². The van der Waals surface area contributed by atoms with Crippen molar-refractivity contribution in [1.82, 2.24) is 0 Å². The number of rotatable bonds is 3. The van der Waals surface area contributed by atoms with E-state index in [1.165, 1.54) is 0 Å². The van der Waals surface area contributed by atoms with Crippen molar-refractivity contribution in [2.24, 2.45) is 0 Å². The van der Waals surface area contributed by atoms with Gasteiger partial charge in [0.1, 0.15) is 0 Å². The summed E-state index contributed by atoms with van der Waals surface area (Å²) in [6, 6.07) is 12.6. The minimum absolute atomic E-state index is 0. The van der Waals surface area contributed by atoms with Gasteiger partial charge in [0.2, 0.25) is 0 Å². The predicted molar refractivity (Wildman–Crippen MR) is 82.6 cm³/mol.